The van der Waals surface area contributed by atoms with E-state index >= 15 is 0 Å². The highest BCUT2D eigenvalue weighted by Crippen LogP contribution is 2.30. The number of hydrogen-bond acceptors (Lipinski definition) is 4. The number of carbonyl (C=O) groups excluding carboxylic acids is 1. The normalized spacial score (nSPS) is 11.0. The molecule has 0 aromatic heterocycles. The maximum atomic E-state index is 12.2. The van der Waals surface area contributed by atoms with Gasteiger partial charge in [-0.3, -0.25) is 4.79 Å². The summed E-state index contributed by atoms with van der Waals surface area (Å²) in [6.45, 7) is 1.84. The van der Waals surface area contributed by atoms with Crippen molar-refractivity contribution in [3.8, 4) is 0 Å². The third-order valence-corrected chi connectivity index (χ3v) is 4.92. The minimum absolute atomic E-state index is 0.0381. The van der Waals surface area contributed by atoms with Gasteiger partial charge in [-0.2, -0.15) is 4.99 Å². The van der Waals surface area contributed by atoms with Crippen molar-refractivity contribution in [3.05, 3.63) is 52.5 Å². The first-order chi connectivity index (χ1) is 12.1. The number of nitrogens with one attached hydrogen (secondary N) is 1. The molecule has 0 unspecified atom stereocenters. The Labute approximate surface area is 157 Å². The van der Waals surface area contributed by atoms with Gasteiger partial charge in [0.15, 0.2) is 15.8 Å². The fourth-order valence-corrected chi connectivity index (χ4v) is 3.45. The van der Waals surface area contributed by atoms with Gasteiger partial charge in [-0.05, 0) is 42.3 Å². The zero-order chi connectivity index (χ0) is 19.5. The molecule has 0 aliphatic rings. The van der Waals surface area contributed by atoms with Gasteiger partial charge in [0.1, 0.15) is 0 Å². The van der Waals surface area contributed by atoms with E-state index in [4.69, 9.17) is 23.1 Å². The van der Waals surface area contributed by atoms with Crippen LogP contribution in [0.25, 0.3) is 0 Å². The number of anilines is 2. The van der Waals surface area contributed by atoms with Crippen LogP contribution >= 0.6 is 11.6 Å². The molecule has 138 valence electrons. The highest BCUT2D eigenvalue weighted by molar-refractivity contribution is 7.90. The third kappa shape index (κ3) is 4.74. The number of hydrogen-bond donors (Lipinski definition) is 3. The predicted molar refractivity (Wildman–Crippen MR) is 104 cm³/mol. The minimum atomic E-state index is -3.63. The summed E-state index contributed by atoms with van der Waals surface area (Å²) in [5, 5.41) is 3.55. The van der Waals surface area contributed by atoms with Crippen molar-refractivity contribution in [1.82, 2.24) is 0 Å². The summed E-state index contributed by atoms with van der Waals surface area (Å²) in [4.78, 5) is 15.7. The lowest BCUT2D eigenvalue weighted by molar-refractivity contribution is 0.100. The van der Waals surface area contributed by atoms with Crippen LogP contribution in [-0.2, 0) is 16.3 Å². The molecule has 0 bridgehead atoms. The Hall–Kier alpha value is -2.58. The molecule has 0 radical (unpaired) electrons. The van der Waals surface area contributed by atoms with Crippen LogP contribution in [0.4, 0.5) is 11.4 Å². The fourth-order valence-electron chi connectivity index (χ4n) is 2.42. The van der Waals surface area contributed by atoms with Crippen LogP contribution in [0.3, 0.4) is 0 Å². The van der Waals surface area contributed by atoms with Crippen molar-refractivity contribution >= 4 is 44.7 Å². The zero-order valence-corrected chi connectivity index (χ0v) is 15.9. The molecule has 0 fully saturated rings. The van der Waals surface area contributed by atoms with Crippen molar-refractivity contribution < 1.29 is 13.2 Å². The van der Waals surface area contributed by atoms with Crippen LogP contribution in [0.2, 0.25) is 5.02 Å². The molecular formula is C17H19ClN4O3S. The number of sulfone groups is 1. The molecule has 2 aromatic carbocycles. The maximum absolute atomic E-state index is 12.2. The van der Waals surface area contributed by atoms with Crippen LogP contribution in [0.1, 0.15) is 22.8 Å². The number of amides is 1. The van der Waals surface area contributed by atoms with E-state index in [0.717, 1.165) is 6.26 Å². The predicted octanol–water partition coefficient (Wildman–Crippen LogP) is 2.46. The summed E-state index contributed by atoms with van der Waals surface area (Å²) < 4.78 is 24.5. The molecule has 26 heavy (non-hydrogen) atoms. The molecule has 0 aliphatic carbocycles. The fraction of sp³-hybridized carbons (Fsp3) is 0.176. The van der Waals surface area contributed by atoms with E-state index in [2.05, 4.69) is 10.3 Å². The second kappa shape index (κ2) is 7.76. The smallest absolute Gasteiger partial charge is 0.280 e. The number of nitrogens with zero attached hydrogens (tertiary/aromatic N) is 1. The first-order valence-corrected chi connectivity index (χ1v) is 9.92. The molecule has 9 heteroatoms. The van der Waals surface area contributed by atoms with Gasteiger partial charge in [-0.15, -0.1) is 0 Å². The molecule has 5 N–H and O–H groups in total. The summed E-state index contributed by atoms with van der Waals surface area (Å²) >= 11 is 5.97. The molecule has 0 saturated heterocycles. The van der Waals surface area contributed by atoms with Gasteiger partial charge in [-0.1, -0.05) is 24.6 Å². The molecule has 1 amide bonds. The number of benzene rings is 2. The maximum Gasteiger partial charge on any atom is 0.280 e. The van der Waals surface area contributed by atoms with Gasteiger partial charge < -0.3 is 16.8 Å². The van der Waals surface area contributed by atoms with E-state index in [1.54, 1.807) is 30.3 Å². The quantitative estimate of drug-likeness (QED) is 0.528. The van der Waals surface area contributed by atoms with E-state index in [0.29, 0.717) is 28.4 Å². The average molecular weight is 395 g/mol. The lowest BCUT2D eigenvalue weighted by atomic mass is 10.0. The summed E-state index contributed by atoms with van der Waals surface area (Å²) in [6.07, 6.45) is 1.54. The summed E-state index contributed by atoms with van der Waals surface area (Å²) in [7, 11) is -3.63. The number of guanidine groups is 1. The average Bonchev–Trinajstić information content (AvgIpc) is 2.52. The largest absolute Gasteiger partial charge is 0.370 e. The lowest BCUT2D eigenvalue weighted by Gasteiger charge is -2.15. The minimum Gasteiger partial charge on any atom is -0.370 e. The number of nitrogens with two attached hydrogens (primary N) is 2. The van der Waals surface area contributed by atoms with Gasteiger partial charge in [0.05, 0.1) is 10.6 Å². The Morgan fingerprint density at radius 2 is 1.92 bits per heavy atom. The number of rotatable bonds is 5. The summed E-state index contributed by atoms with van der Waals surface area (Å²) in [6, 6.07) is 9.75. The van der Waals surface area contributed by atoms with Crippen LogP contribution in [0.15, 0.2) is 46.3 Å². The molecule has 0 aliphatic heterocycles. The summed E-state index contributed by atoms with van der Waals surface area (Å²) in [5.74, 6) is -1.08. The number of aryl methyl sites for hydroxylation is 1. The molecule has 2 rings (SSSR count). The molecule has 2 aromatic rings. The van der Waals surface area contributed by atoms with Crippen LogP contribution in [0.5, 0.6) is 0 Å². The highest BCUT2D eigenvalue weighted by atomic mass is 35.5. The molecule has 0 spiro atoms. The van der Waals surface area contributed by atoms with Crippen LogP contribution < -0.4 is 16.8 Å². The van der Waals surface area contributed by atoms with E-state index in [-0.39, 0.29) is 16.4 Å². The van der Waals surface area contributed by atoms with Crippen molar-refractivity contribution in [3.63, 3.8) is 0 Å². The van der Waals surface area contributed by atoms with Crippen LogP contribution in [0, 0.1) is 0 Å². The molecule has 0 heterocycles. The Morgan fingerprint density at radius 1 is 1.23 bits per heavy atom. The first kappa shape index (κ1) is 19.7. The van der Waals surface area contributed by atoms with Crippen molar-refractivity contribution in [1.29, 1.82) is 0 Å². The van der Waals surface area contributed by atoms with Gasteiger partial charge in [-0.25, -0.2) is 8.42 Å². The van der Waals surface area contributed by atoms with E-state index in [1.165, 1.54) is 6.07 Å². The van der Waals surface area contributed by atoms with Gasteiger partial charge in [0.25, 0.3) is 5.91 Å². The van der Waals surface area contributed by atoms with Gasteiger partial charge >= 0.3 is 0 Å². The monoisotopic (exact) mass is 394 g/mol. The van der Waals surface area contributed by atoms with E-state index in [9.17, 15) is 13.2 Å². The van der Waals surface area contributed by atoms with E-state index < -0.39 is 15.7 Å². The van der Waals surface area contributed by atoms with Crippen molar-refractivity contribution in [2.45, 2.75) is 18.2 Å². The second-order valence-corrected chi connectivity index (χ2v) is 8.03. The summed E-state index contributed by atoms with van der Waals surface area (Å²) in [5.41, 5.74) is 12.2. The van der Waals surface area contributed by atoms with E-state index in [1.807, 2.05) is 6.92 Å². The first-order valence-electron chi connectivity index (χ1n) is 7.65. The standard InChI is InChI=1S/C17H19ClN4O3S/c1-3-10-7-14(21-12-6-4-5-11(18)8-12)15(26(2,24)25)9-13(10)16(23)22-17(19)20/h4-9,21H,3H2,1-2H3,(H4,19,20,22,23). The number of aliphatic imine (C=N–C) groups is 1. The Morgan fingerprint density at radius 3 is 2.46 bits per heavy atom. The molecule has 7 nitrogen and oxygen atoms in total. The zero-order valence-electron chi connectivity index (χ0n) is 14.3. The number of carbonyl (C=O) groups is 1. The Bertz CT molecular complexity index is 983. The highest BCUT2D eigenvalue weighted by Gasteiger charge is 2.20. The van der Waals surface area contributed by atoms with Gasteiger partial charge in [0, 0.05) is 22.5 Å². The third-order valence-electron chi connectivity index (χ3n) is 3.55. The lowest BCUT2D eigenvalue weighted by Crippen LogP contribution is -2.24. The Kier molecular flexibility index (Phi) is 5.89. The second-order valence-electron chi connectivity index (χ2n) is 5.61. The van der Waals surface area contributed by atoms with Crippen molar-refractivity contribution in [2.24, 2.45) is 16.5 Å². The molecular weight excluding hydrogens is 376 g/mol. The Balaban J connectivity index is 2.64. The van der Waals surface area contributed by atoms with Gasteiger partial charge in [0.2, 0.25) is 0 Å². The molecule has 0 atom stereocenters. The number of halogens is 1. The topological polar surface area (TPSA) is 128 Å². The van der Waals surface area contributed by atoms with Crippen molar-refractivity contribution in [2.75, 3.05) is 11.6 Å². The SMILES string of the molecule is CCc1cc(Nc2cccc(Cl)c2)c(S(C)(=O)=O)cc1C(=O)N=C(N)N. The van der Waals surface area contributed by atoms with Crippen LogP contribution in [-0.4, -0.2) is 26.5 Å². The molecule has 0 saturated carbocycles.